The molecule has 17 heavy (non-hydrogen) atoms. The van der Waals surface area contributed by atoms with Crippen molar-refractivity contribution in [1.29, 1.82) is 0 Å². The van der Waals surface area contributed by atoms with Crippen molar-refractivity contribution in [3.8, 4) is 0 Å². The van der Waals surface area contributed by atoms with E-state index < -0.39 is 5.79 Å². The summed E-state index contributed by atoms with van der Waals surface area (Å²) in [5.41, 5.74) is 9.34. The Labute approximate surface area is 103 Å². The molecule has 2 rings (SSSR count). The molecule has 1 aromatic rings. The van der Waals surface area contributed by atoms with Crippen molar-refractivity contribution in [3.05, 3.63) is 34.9 Å². The highest BCUT2D eigenvalue weighted by atomic mass is 16.7. The van der Waals surface area contributed by atoms with Gasteiger partial charge in [-0.1, -0.05) is 30.7 Å². The zero-order valence-electron chi connectivity index (χ0n) is 10.8. The van der Waals surface area contributed by atoms with Crippen LogP contribution in [0.1, 0.15) is 23.6 Å². The molecule has 0 spiro atoms. The summed E-state index contributed by atoms with van der Waals surface area (Å²) in [6, 6.07) is 6.27. The Hall–Kier alpha value is -0.900. The molecule has 2 N–H and O–H groups in total. The van der Waals surface area contributed by atoms with Gasteiger partial charge in [0.2, 0.25) is 5.79 Å². The molecule has 3 nitrogen and oxygen atoms in total. The predicted octanol–water partition coefficient (Wildman–Crippen LogP) is 2.10. The summed E-state index contributed by atoms with van der Waals surface area (Å²) in [5.74, 6) is -0.315. The van der Waals surface area contributed by atoms with Crippen LogP contribution in [0.2, 0.25) is 0 Å². The molecule has 0 saturated carbocycles. The fraction of sp³-hybridized carbons (Fsp3) is 0.571. The van der Waals surface area contributed by atoms with Gasteiger partial charge in [-0.2, -0.15) is 0 Å². The van der Waals surface area contributed by atoms with Gasteiger partial charge in [-0.25, -0.2) is 0 Å². The van der Waals surface area contributed by atoms with Crippen molar-refractivity contribution < 1.29 is 9.47 Å². The average molecular weight is 235 g/mol. The van der Waals surface area contributed by atoms with Crippen LogP contribution in [0.15, 0.2) is 18.2 Å². The average Bonchev–Trinajstić information content (AvgIpc) is 2.31. The zero-order chi connectivity index (χ0) is 12.5. The molecular formula is C14H21NO2. The molecule has 1 fully saturated rings. The molecular weight excluding hydrogens is 214 g/mol. The Morgan fingerprint density at radius 3 is 2.47 bits per heavy atom. The van der Waals surface area contributed by atoms with Crippen LogP contribution in [-0.4, -0.2) is 19.8 Å². The number of benzene rings is 1. The van der Waals surface area contributed by atoms with E-state index in [-0.39, 0.29) is 0 Å². The van der Waals surface area contributed by atoms with Crippen molar-refractivity contribution in [1.82, 2.24) is 0 Å². The van der Waals surface area contributed by atoms with Crippen molar-refractivity contribution >= 4 is 0 Å². The normalized spacial score (nSPS) is 29.3. The third-order valence-corrected chi connectivity index (χ3v) is 3.26. The fourth-order valence-electron chi connectivity index (χ4n) is 2.27. The highest BCUT2D eigenvalue weighted by Crippen LogP contribution is 2.33. The van der Waals surface area contributed by atoms with Gasteiger partial charge in [-0.15, -0.1) is 0 Å². The fourth-order valence-corrected chi connectivity index (χ4v) is 2.27. The molecule has 1 heterocycles. The number of hydrogen-bond acceptors (Lipinski definition) is 3. The largest absolute Gasteiger partial charge is 0.344 e. The first kappa shape index (κ1) is 12.6. The lowest BCUT2D eigenvalue weighted by Crippen LogP contribution is -2.47. The second kappa shape index (κ2) is 4.77. The number of ether oxygens (including phenoxy) is 2. The number of rotatable bonds is 2. The summed E-state index contributed by atoms with van der Waals surface area (Å²) in [6.45, 7) is 8.02. The van der Waals surface area contributed by atoms with E-state index in [2.05, 4.69) is 39.0 Å². The molecule has 0 atom stereocenters. The molecule has 0 aliphatic carbocycles. The molecule has 1 aliphatic rings. The minimum absolute atomic E-state index is 0.351. The third-order valence-electron chi connectivity index (χ3n) is 3.26. The van der Waals surface area contributed by atoms with Crippen LogP contribution in [0.3, 0.4) is 0 Å². The van der Waals surface area contributed by atoms with Gasteiger partial charge in [0.25, 0.3) is 0 Å². The van der Waals surface area contributed by atoms with Gasteiger partial charge in [0.15, 0.2) is 0 Å². The molecule has 94 valence electrons. The van der Waals surface area contributed by atoms with Crippen molar-refractivity contribution in [2.24, 2.45) is 11.7 Å². The maximum Gasteiger partial charge on any atom is 0.207 e. The standard InChI is InChI=1S/C14H21NO2/c1-10-4-5-13(12(3)6-10)14(9-15)16-7-11(2)8-17-14/h4-6,11H,7-9,15H2,1-3H3. The van der Waals surface area contributed by atoms with Gasteiger partial charge in [0.05, 0.1) is 19.8 Å². The van der Waals surface area contributed by atoms with Crippen LogP contribution in [-0.2, 0) is 15.3 Å². The summed E-state index contributed by atoms with van der Waals surface area (Å²) in [6.07, 6.45) is 0. The summed E-state index contributed by atoms with van der Waals surface area (Å²) in [5, 5.41) is 0. The Balaban J connectivity index is 2.34. The van der Waals surface area contributed by atoms with Crippen LogP contribution in [0, 0.1) is 19.8 Å². The van der Waals surface area contributed by atoms with E-state index in [4.69, 9.17) is 15.2 Å². The molecule has 1 saturated heterocycles. The van der Waals surface area contributed by atoms with Gasteiger partial charge in [-0.05, 0) is 19.4 Å². The maximum atomic E-state index is 5.89. The predicted molar refractivity (Wildman–Crippen MR) is 67.7 cm³/mol. The molecule has 0 radical (unpaired) electrons. The van der Waals surface area contributed by atoms with Crippen LogP contribution in [0.25, 0.3) is 0 Å². The monoisotopic (exact) mass is 235 g/mol. The Bertz CT molecular complexity index is 395. The van der Waals surface area contributed by atoms with Gasteiger partial charge < -0.3 is 15.2 Å². The molecule has 1 aromatic carbocycles. The molecule has 0 unspecified atom stereocenters. The molecule has 1 aliphatic heterocycles. The van der Waals surface area contributed by atoms with Gasteiger partial charge in [0.1, 0.15) is 0 Å². The van der Waals surface area contributed by atoms with E-state index in [1.54, 1.807) is 0 Å². The van der Waals surface area contributed by atoms with Crippen molar-refractivity contribution in [2.45, 2.75) is 26.6 Å². The highest BCUT2D eigenvalue weighted by molar-refractivity contribution is 5.34. The van der Waals surface area contributed by atoms with Crippen LogP contribution < -0.4 is 5.73 Å². The van der Waals surface area contributed by atoms with E-state index in [1.807, 2.05) is 0 Å². The van der Waals surface area contributed by atoms with E-state index in [1.165, 1.54) is 11.1 Å². The summed E-state index contributed by atoms with van der Waals surface area (Å²) in [4.78, 5) is 0. The SMILES string of the molecule is Cc1ccc(C2(CN)OCC(C)CO2)c(C)c1. The van der Waals surface area contributed by atoms with E-state index in [9.17, 15) is 0 Å². The molecule has 3 heteroatoms. The Morgan fingerprint density at radius 1 is 1.29 bits per heavy atom. The first-order valence-corrected chi connectivity index (χ1v) is 6.13. The minimum atomic E-state index is -0.746. The Kier molecular flexibility index (Phi) is 3.52. The topological polar surface area (TPSA) is 44.5 Å². The van der Waals surface area contributed by atoms with Crippen LogP contribution in [0.4, 0.5) is 0 Å². The third kappa shape index (κ3) is 2.37. The highest BCUT2D eigenvalue weighted by Gasteiger charge is 2.38. The number of nitrogens with two attached hydrogens (primary N) is 1. The van der Waals surface area contributed by atoms with Gasteiger partial charge in [-0.3, -0.25) is 0 Å². The second-order valence-electron chi connectivity index (χ2n) is 5.00. The van der Waals surface area contributed by atoms with E-state index in [0.717, 1.165) is 5.56 Å². The number of aryl methyl sites for hydroxylation is 2. The zero-order valence-corrected chi connectivity index (χ0v) is 10.8. The minimum Gasteiger partial charge on any atom is -0.344 e. The Morgan fingerprint density at radius 2 is 1.94 bits per heavy atom. The molecule has 0 aromatic heterocycles. The summed E-state index contributed by atoms with van der Waals surface area (Å²) < 4.78 is 11.8. The maximum absolute atomic E-state index is 5.89. The van der Waals surface area contributed by atoms with Crippen LogP contribution in [0.5, 0.6) is 0 Å². The van der Waals surface area contributed by atoms with Crippen molar-refractivity contribution in [3.63, 3.8) is 0 Å². The van der Waals surface area contributed by atoms with Gasteiger partial charge in [0, 0.05) is 11.5 Å². The first-order valence-electron chi connectivity index (χ1n) is 6.13. The van der Waals surface area contributed by atoms with Gasteiger partial charge >= 0.3 is 0 Å². The number of hydrogen-bond donors (Lipinski definition) is 1. The lowest BCUT2D eigenvalue weighted by Gasteiger charge is -2.39. The lowest BCUT2D eigenvalue weighted by atomic mass is 9.97. The molecule has 0 bridgehead atoms. The second-order valence-corrected chi connectivity index (χ2v) is 5.00. The lowest BCUT2D eigenvalue weighted by molar-refractivity contribution is -0.284. The summed E-state index contributed by atoms with van der Waals surface area (Å²) >= 11 is 0. The van der Waals surface area contributed by atoms with E-state index >= 15 is 0 Å². The molecule has 0 amide bonds. The van der Waals surface area contributed by atoms with E-state index in [0.29, 0.717) is 25.7 Å². The first-order chi connectivity index (χ1) is 8.07. The summed E-state index contributed by atoms with van der Waals surface area (Å²) in [7, 11) is 0. The van der Waals surface area contributed by atoms with Crippen LogP contribution >= 0.6 is 0 Å². The van der Waals surface area contributed by atoms with Crippen molar-refractivity contribution in [2.75, 3.05) is 19.8 Å². The quantitative estimate of drug-likeness (QED) is 0.853. The smallest absolute Gasteiger partial charge is 0.207 e.